The van der Waals surface area contributed by atoms with Crippen molar-refractivity contribution >= 4 is 61.5 Å². The normalized spacial score (nSPS) is 18.4. The Hall–Kier alpha value is -3.46. The van der Waals surface area contributed by atoms with Gasteiger partial charge in [0.15, 0.2) is 10.1 Å². The summed E-state index contributed by atoms with van der Waals surface area (Å²) >= 11 is 5.96. The van der Waals surface area contributed by atoms with Gasteiger partial charge in [0.2, 0.25) is 11.0 Å². The molecule has 8 nitrogen and oxygen atoms in total. The smallest absolute Gasteiger partial charge is 0.234 e. The van der Waals surface area contributed by atoms with Gasteiger partial charge in [-0.2, -0.15) is 5.26 Å². The molecule has 0 spiro atoms. The van der Waals surface area contributed by atoms with Crippen LogP contribution in [0, 0.1) is 23.7 Å². The minimum absolute atomic E-state index is 0.00457. The predicted molar refractivity (Wildman–Crippen MR) is 162 cm³/mol. The number of amides is 1. The van der Waals surface area contributed by atoms with Crippen molar-refractivity contribution in [2.24, 2.45) is 11.1 Å². The van der Waals surface area contributed by atoms with Crippen molar-refractivity contribution < 1.29 is 9.59 Å². The lowest BCUT2D eigenvalue weighted by Gasteiger charge is -2.42. The highest BCUT2D eigenvalue weighted by Crippen LogP contribution is 2.50. The van der Waals surface area contributed by atoms with Crippen LogP contribution in [-0.4, -0.2) is 27.6 Å². The molecule has 1 atom stereocenters. The molecule has 0 fully saturated rings. The first kappa shape index (κ1) is 28.1. The molecular formula is C29H27BrN6O2S2. The number of aryl methyl sites for hydroxylation is 1. The quantitative estimate of drug-likeness (QED) is 0.303. The Kier molecular flexibility index (Phi) is 7.86. The second-order valence-electron chi connectivity index (χ2n) is 10.6. The summed E-state index contributed by atoms with van der Waals surface area (Å²) in [5.41, 5.74) is 10.7. The fraction of sp³-hybridized carbons (Fsp3) is 0.276. The minimum atomic E-state index is -0.539. The molecule has 11 heteroatoms. The van der Waals surface area contributed by atoms with Gasteiger partial charge in [-0.1, -0.05) is 78.9 Å². The first-order valence-electron chi connectivity index (χ1n) is 12.6. The first-order valence-corrected chi connectivity index (χ1v) is 15.2. The average molecular weight is 636 g/mol. The van der Waals surface area contributed by atoms with Crippen molar-refractivity contribution in [3.63, 3.8) is 0 Å². The number of nitrogens with two attached hydrogens (primary N) is 1. The standard InChI is InChI=1S/C29H27BrN6O2S2/c1-16-8-10-17(11-9-16)24-18(14-31)26(32)36(21-12-29(2,3)13-22(37)25(21)24)27-34-35-28(40-27)39-15-23(38)33-20-7-5-4-6-19(20)30/h4-11,24H,12-13,15,32H2,1-3H3,(H,33,38). The number of nitriles is 1. The molecule has 2 heterocycles. The molecule has 1 aliphatic carbocycles. The number of ketones is 1. The van der Waals surface area contributed by atoms with Crippen molar-refractivity contribution in [2.45, 2.75) is 43.9 Å². The predicted octanol–water partition coefficient (Wildman–Crippen LogP) is 6.28. The number of carbonyl (C=O) groups excluding carboxylic acids is 2. The van der Waals surface area contributed by atoms with Gasteiger partial charge in [-0.25, -0.2) is 0 Å². The van der Waals surface area contributed by atoms with E-state index in [2.05, 4.69) is 51.4 Å². The molecule has 1 aromatic heterocycles. The second-order valence-corrected chi connectivity index (χ2v) is 13.6. The molecule has 2 aliphatic rings. The Morgan fingerprint density at radius 1 is 1.23 bits per heavy atom. The highest BCUT2D eigenvalue weighted by atomic mass is 79.9. The number of Topliss-reactive ketones (excluding diaryl/α,β-unsaturated/α-hetero) is 1. The van der Waals surface area contributed by atoms with E-state index in [9.17, 15) is 14.9 Å². The van der Waals surface area contributed by atoms with Crippen molar-refractivity contribution in [1.82, 2.24) is 10.2 Å². The summed E-state index contributed by atoms with van der Waals surface area (Å²) in [5, 5.41) is 22.2. The van der Waals surface area contributed by atoms with Crippen LogP contribution < -0.4 is 16.0 Å². The minimum Gasteiger partial charge on any atom is -0.384 e. The number of anilines is 2. The number of nitrogens with one attached hydrogen (secondary N) is 1. The van der Waals surface area contributed by atoms with E-state index in [1.807, 2.05) is 55.5 Å². The molecule has 0 bridgehead atoms. The largest absolute Gasteiger partial charge is 0.384 e. The van der Waals surface area contributed by atoms with E-state index in [1.54, 1.807) is 4.90 Å². The van der Waals surface area contributed by atoms with Gasteiger partial charge in [0.05, 0.1) is 29.0 Å². The van der Waals surface area contributed by atoms with Crippen molar-refractivity contribution in [2.75, 3.05) is 16.0 Å². The summed E-state index contributed by atoms with van der Waals surface area (Å²) in [5.74, 6) is -0.326. The van der Waals surface area contributed by atoms with Gasteiger partial charge in [0.1, 0.15) is 5.82 Å². The molecular weight excluding hydrogens is 608 g/mol. The molecule has 1 amide bonds. The SMILES string of the molecule is Cc1ccc(C2C(C#N)=C(N)N(c3nnc(SCC(=O)Nc4ccccc4Br)s3)C3=C2C(=O)CC(C)(C)C3)cc1. The van der Waals surface area contributed by atoms with Crippen LogP contribution in [0.3, 0.4) is 0 Å². The van der Waals surface area contributed by atoms with Crippen LogP contribution in [0.5, 0.6) is 0 Å². The van der Waals surface area contributed by atoms with Crippen LogP contribution >= 0.6 is 39.0 Å². The fourth-order valence-corrected chi connectivity index (χ4v) is 7.11. The van der Waals surface area contributed by atoms with Gasteiger partial charge in [-0.05, 0) is 52.4 Å². The molecule has 40 heavy (non-hydrogen) atoms. The maximum Gasteiger partial charge on any atom is 0.234 e. The van der Waals surface area contributed by atoms with E-state index in [1.165, 1.54) is 23.1 Å². The van der Waals surface area contributed by atoms with Crippen LogP contribution in [0.1, 0.15) is 43.7 Å². The Labute approximate surface area is 249 Å². The van der Waals surface area contributed by atoms with Gasteiger partial charge >= 0.3 is 0 Å². The molecule has 3 aromatic rings. The average Bonchev–Trinajstić information content (AvgIpc) is 3.36. The number of halogens is 1. The van der Waals surface area contributed by atoms with Crippen molar-refractivity contribution in [3.8, 4) is 6.07 Å². The van der Waals surface area contributed by atoms with E-state index >= 15 is 0 Å². The van der Waals surface area contributed by atoms with Crippen LogP contribution in [0.25, 0.3) is 0 Å². The molecule has 2 aromatic carbocycles. The Bertz CT molecular complexity index is 1600. The summed E-state index contributed by atoms with van der Waals surface area (Å²) in [4.78, 5) is 27.9. The second kappa shape index (κ2) is 11.2. The number of thioether (sulfide) groups is 1. The topological polar surface area (TPSA) is 125 Å². The van der Waals surface area contributed by atoms with E-state index in [0.29, 0.717) is 39.1 Å². The number of aromatic nitrogens is 2. The van der Waals surface area contributed by atoms with Crippen LogP contribution in [-0.2, 0) is 9.59 Å². The van der Waals surface area contributed by atoms with Gasteiger partial charge in [0.25, 0.3) is 0 Å². The lowest BCUT2D eigenvalue weighted by atomic mass is 9.68. The molecule has 0 radical (unpaired) electrons. The Balaban J connectivity index is 1.47. The molecule has 3 N–H and O–H groups in total. The molecule has 5 rings (SSSR count). The number of allylic oxidation sites excluding steroid dienone is 3. The number of benzene rings is 2. The van der Waals surface area contributed by atoms with Crippen LogP contribution in [0.4, 0.5) is 10.8 Å². The number of rotatable bonds is 6. The van der Waals surface area contributed by atoms with E-state index in [4.69, 9.17) is 5.73 Å². The third kappa shape index (κ3) is 5.57. The number of hydrogen-bond donors (Lipinski definition) is 2. The maximum atomic E-state index is 13.7. The molecule has 0 saturated carbocycles. The molecule has 204 valence electrons. The fourth-order valence-electron chi connectivity index (χ4n) is 5.05. The third-order valence-corrected chi connectivity index (χ3v) is 9.59. The van der Waals surface area contributed by atoms with E-state index < -0.39 is 5.92 Å². The Morgan fingerprint density at radius 3 is 2.65 bits per heavy atom. The highest BCUT2D eigenvalue weighted by Gasteiger charge is 2.45. The number of para-hydroxylation sites is 1. The summed E-state index contributed by atoms with van der Waals surface area (Å²) in [6.07, 6.45) is 0.969. The van der Waals surface area contributed by atoms with E-state index in [0.717, 1.165) is 21.3 Å². The number of carbonyl (C=O) groups is 2. The summed E-state index contributed by atoms with van der Waals surface area (Å²) in [6, 6.07) is 17.5. The van der Waals surface area contributed by atoms with E-state index in [-0.39, 0.29) is 28.7 Å². The molecule has 1 aliphatic heterocycles. The monoisotopic (exact) mass is 634 g/mol. The van der Waals surface area contributed by atoms with Gasteiger partial charge in [-0.3, -0.25) is 14.5 Å². The summed E-state index contributed by atoms with van der Waals surface area (Å²) in [6.45, 7) is 6.10. The lowest BCUT2D eigenvalue weighted by Crippen LogP contribution is -2.42. The van der Waals surface area contributed by atoms with Gasteiger partial charge < -0.3 is 11.1 Å². The first-order chi connectivity index (χ1) is 19.1. The van der Waals surface area contributed by atoms with Crippen LogP contribution in [0.15, 0.2) is 80.0 Å². The zero-order chi connectivity index (χ0) is 28.6. The Morgan fingerprint density at radius 2 is 1.95 bits per heavy atom. The molecule has 1 unspecified atom stereocenters. The highest BCUT2D eigenvalue weighted by molar-refractivity contribution is 9.10. The zero-order valence-corrected chi connectivity index (χ0v) is 25.4. The summed E-state index contributed by atoms with van der Waals surface area (Å²) in [7, 11) is 0. The van der Waals surface area contributed by atoms with Crippen LogP contribution in [0.2, 0.25) is 0 Å². The van der Waals surface area contributed by atoms with Crippen molar-refractivity contribution in [1.29, 1.82) is 5.26 Å². The summed E-state index contributed by atoms with van der Waals surface area (Å²) < 4.78 is 1.37. The zero-order valence-electron chi connectivity index (χ0n) is 22.2. The number of nitrogens with zero attached hydrogens (tertiary/aromatic N) is 4. The third-order valence-electron chi connectivity index (χ3n) is 6.85. The molecule has 0 saturated heterocycles. The lowest BCUT2D eigenvalue weighted by molar-refractivity contribution is -0.118. The number of hydrogen-bond acceptors (Lipinski definition) is 9. The van der Waals surface area contributed by atoms with Gasteiger partial charge in [0, 0.05) is 22.2 Å². The van der Waals surface area contributed by atoms with Gasteiger partial charge in [-0.15, -0.1) is 10.2 Å². The van der Waals surface area contributed by atoms with Crippen molar-refractivity contribution in [3.05, 3.63) is 86.8 Å². The maximum absolute atomic E-state index is 13.7.